The smallest absolute Gasteiger partial charge is 0.309 e. The number of hydrogen-bond donors (Lipinski definition) is 1. The molecule has 2 aromatic rings. The molecule has 0 aromatic carbocycles. The lowest BCUT2D eigenvalue weighted by atomic mass is 10.3. The highest BCUT2D eigenvalue weighted by molar-refractivity contribution is 7.09. The molecule has 82 valence electrons. The van der Waals surface area contributed by atoms with Gasteiger partial charge in [0, 0.05) is 17.5 Å². The monoisotopic (exact) mass is 235 g/mol. The molecule has 0 saturated carbocycles. The van der Waals surface area contributed by atoms with Crippen molar-refractivity contribution < 1.29 is 14.5 Å². The van der Waals surface area contributed by atoms with Crippen LogP contribution in [0.15, 0.2) is 36.0 Å². The van der Waals surface area contributed by atoms with E-state index in [1.54, 1.807) is 5.38 Å². The number of carboxylic acid groups (broad SMARTS) is 1. The lowest BCUT2D eigenvalue weighted by molar-refractivity contribution is -0.688. The van der Waals surface area contributed by atoms with Gasteiger partial charge in [-0.05, 0) is 0 Å². The fourth-order valence-corrected chi connectivity index (χ4v) is 2.16. The Morgan fingerprint density at radius 1 is 1.38 bits per heavy atom. The molecule has 5 heteroatoms. The lowest BCUT2D eigenvalue weighted by Crippen LogP contribution is -2.32. The molecule has 2 rings (SSSR count). The predicted molar refractivity (Wildman–Crippen MR) is 59.2 cm³/mol. The second-order valence-electron chi connectivity index (χ2n) is 3.35. The van der Waals surface area contributed by atoms with Crippen molar-refractivity contribution in [3.8, 4) is 0 Å². The largest absolute Gasteiger partial charge is 0.481 e. The van der Waals surface area contributed by atoms with Crippen LogP contribution in [0.5, 0.6) is 0 Å². The first-order valence-electron chi connectivity index (χ1n) is 4.83. The zero-order valence-corrected chi connectivity index (χ0v) is 9.35. The zero-order valence-electron chi connectivity index (χ0n) is 8.54. The van der Waals surface area contributed by atoms with Crippen molar-refractivity contribution in [2.45, 2.75) is 13.0 Å². The predicted octanol–water partition coefficient (Wildman–Crippen LogP) is 1.11. The molecule has 0 aliphatic rings. The van der Waals surface area contributed by atoms with Crippen LogP contribution in [0, 0.1) is 0 Å². The summed E-state index contributed by atoms with van der Waals surface area (Å²) in [5, 5.41) is 11.3. The summed E-state index contributed by atoms with van der Waals surface area (Å²) in [5.74, 6) is -0.843. The molecule has 4 nitrogen and oxygen atoms in total. The number of carbonyl (C=O) groups is 1. The van der Waals surface area contributed by atoms with Gasteiger partial charge in [0.1, 0.15) is 0 Å². The van der Waals surface area contributed by atoms with Gasteiger partial charge in [-0.2, -0.15) is 4.57 Å². The number of aromatic nitrogens is 2. The van der Waals surface area contributed by atoms with Crippen molar-refractivity contribution in [3.63, 3.8) is 0 Å². The van der Waals surface area contributed by atoms with Crippen LogP contribution >= 0.6 is 11.3 Å². The maximum absolute atomic E-state index is 10.5. The minimum absolute atomic E-state index is 0.00401. The molecule has 0 unspecified atom stereocenters. The van der Waals surface area contributed by atoms with Crippen LogP contribution in [0.3, 0.4) is 0 Å². The van der Waals surface area contributed by atoms with Gasteiger partial charge in [0.25, 0.3) is 0 Å². The van der Waals surface area contributed by atoms with E-state index < -0.39 is 5.97 Å². The van der Waals surface area contributed by atoms with Gasteiger partial charge in [-0.25, -0.2) is 4.98 Å². The van der Waals surface area contributed by atoms with Crippen molar-refractivity contribution >= 4 is 17.3 Å². The summed E-state index contributed by atoms with van der Waals surface area (Å²) in [5.41, 5.74) is 0.629. The summed E-state index contributed by atoms with van der Waals surface area (Å²) in [6.07, 6.45) is 3.91. The third-order valence-electron chi connectivity index (χ3n) is 2.03. The topological polar surface area (TPSA) is 54.1 Å². The third kappa shape index (κ3) is 2.87. The first kappa shape index (κ1) is 10.8. The number of aliphatic carboxylic acids is 1. The van der Waals surface area contributed by atoms with Crippen LogP contribution in [0.1, 0.15) is 10.7 Å². The van der Waals surface area contributed by atoms with Gasteiger partial charge in [-0.15, -0.1) is 11.3 Å². The van der Waals surface area contributed by atoms with Crippen LogP contribution in [-0.2, 0) is 17.8 Å². The molecule has 0 bridgehead atoms. The summed E-state index contributed by atoms with van der Waals surface area (Å²) < 4.78 is 2.00. The summed E-state index contributed by atoms with van der Waals surface area (Å²) in [4.78, 5) is 14.8. The van der Waals surface area contributed by atoms with Gasteiger partial charge in [-0.1, -0.05) is 6.07 Å². The molecule has 0 aliphatic heterocycles. The Bertz CT molecular complexity index is 482. The van der Waals surface area contributed by atoms with Crippen LogP contribution in [-0.4, -0.2) is 16.1 Å². The molecule has 0 aliphatic carbocycles. The van der Waals surface area contributed by atoms with E-state index >= 15 is 0 Å². The number of carboxylic acids is 1. The highest BCUT2D eigenvalue weighted by Gasteiger charge is 2.09. The lowest BCUT2D eigenvalue weighted by Gasteiger charge is -1.91. The maximum atomic E-state index is 10.5. The average molecular weight is 235 g/mol. The van der Waals surface area contributed by atoms with Crippen LogP contribution < -0.4 is 4.57 Å². The number of nitrogens with zero attached hydrogens (tertiary/aromatic N) is 2. The molecular weight excluding hydrogens is 224 g/mol. The minimum Gasteiger partial charge on any atom is -0.481 e. The standard InChI is InChI=1S/C11H10N2O2S/c14-11(15)6-9-8-16-10(12-9)7-13-4-2-1-3-5-13/h1-5,8H,6-7H2/p+1. The van der Waals surface area contributed by atoms with Crippen molar-refractivity contribution in [2.75, 3.05) is 0 Å². The summed E-state index contributed by atoms with van der Waals surface area (Å²) >= 11 is 1.49. The Morgan fingerprint density at radius 2 is 2.12 bits per heavy atom. The molecular formula is C11H11N2O2S+. The van der Waals surface area contributed by atoms with E-state index in [1.165, 1.54) is 11.3 Å². The summed E-state index contributed by atoms with van der Waals surface area (Å²) in [6.45, 7) is 0.686. The van der Waals surface area contributed by atoms with E-state index in [9.17, 15) is 4.79 Å². The average Bonchev–Trinajstić information content (AvgIpc) is 2.66. The third-order valence-corrected chi connectivity index (χ3v) is 2.91. The van der Waals surface area contributed by atoms with Gasteiger partial charge in [0.05, 0.1) is 12.1 Å². The van der Waals surface area contributed by atoms with E-state index in [2.05, 4.69) is 4.98 Å². The number of rotatable bonds is 4. The van der Waals surface area contributed by atoms with E-state index in [0.717, 1.165) is 5.01 Å². The van der Waals surface area contributed by atoms with Gasteiger partial charge in [0.2, 0.25) is 0 Å². The van der Waals surface area contributed by atoms with Crippen molar-refractivity contribution in [2.24, 2.45) is 0 Å². The van der Waals surface area contributed by atoms with Gasteiger partial charge in [-0.3, -0.25) is 4.79 Å². The molecule has 0 fully saturated rings. The Hall–Kier alpha value is -1.75. The first-order valence-corrected chi connectivity index (χ1v) is 5.71. The Morgan fingerprint density at radius 3 is 2.81 bits per heavy atom. The van der Waals surface area contributed by atoms with E-state index in [1.807, 2.05) is 35.2 Å². The van der Waals surface area contributed by atoms with Crippen LogP contribution in [0.4, 0.5) is 0 Å². The Kier molecular flexibility index (Phi) is 3.26. The van der Waals surface area contributed by atoms with Gasteiger partial charge < -0.3 is 5.11 Å². The summed E-state index contributed by atoms with van der Waals surface area (Å²) in [6, 6.07) is 5.85. The number of thiazole rings is 1. The second kappa shape index (κ2) is 4.85. The normalized spacial score (nSPS) is 10.2. The van der Waals surface area contributed by atoms with Crippen molar-refractivity contribution in [3.05, 3.63) is 46.7 Å². The minimum atomic E-state index is -0.843. The second-order valence-corrected chi connectivity index (χ2v) is 4.29. The SMILES string of the molecule is O=C(O)Cc1csc(C[n+]2ccccc2)n1. The molecule has 0 saturated heterocycles. The fourth-order valence-electron chi connectivity index (χ4n) is 1.35. The van der Waals surface area contributed by atoms with Gasteiger partial charge >= 0.3 is 5.97 Å². The highest BCUT2D eigenvalue weighted by atomic mass is 32.1. The Balaban J connectivity index is 2.06. The molecule has 2 aromatic heterocycles. The molecule has 0 amide bonds. The maximum Gasteiger partial charge on any atom is 0.309 e. The van der Waals surface area contributed by atoms with E-state index in [4.69, 9.17) is 5.11 Å². The molecule has 0 radical (unpaired) electrons. The van der Waals surface area contributed by atoms with Crippen LogP contribution in [0.25, 0.3) is 0 Å². The van der Waals surface area contributed by atoms with Gasteiger partial charge in [0.15, 0.2) is 23.9 Å². The number of pyridine rings is 1. The zero-order chi connectivity index (χ0) is 11.4. The molecule has 0 atom stereocenters. The molecule has 16 heavy (non-hydrogen) atoms. The fraction of sp³-hybridized carbons (Fsp3) is 0.182. The Labute approximate surface area is 96.8 Å². The highest BCUT2D eigenvalue weighted by Crippen LogP contribution is 2.09. The first-order chi connectivity index (χ1) is 7.74. The van der Waals surface area contributed by atoms with Crippen molar-refractivity contribution in [1.29, 1.82) is 0 Å². The molecule has 1 N–H and O–H groups in total. The molecule has 0 spiro atoms. The van der Waals surface area contributed by atoms with E-state index in [0.29, 0.717) is 12.2 Å². The number of hydrogen-bond acceptors (Lipinski definition) is 3. The van der Waals surface area contributed by atoms with E-state index in [-0.39, 0.29) is 6.42 Å². The quantitative estimate of drug-likeness (QED) is 0.808. The summed E-state index contributed by atoms with van der Waals surface area (Å²) in [7, 11) is 0. The van der Waals surface area contributed by atoms with Crippen LogP contribution in [0.2, 0.25) is 0 Å². The van der Waals surface area contributed by atoms with Crippen molar-refractivity contribution in [1.82, 2.24) is 4.98 Å². The molecule has 2 heterocycles.